The minimum atomic E-state index is -0.239. The van der Waals surface area contributed by atoms with Gasteiger partial charge in [0.05, 0.1) is 6.10 Å². The Labute approximate surface area is 65.8 Å². The van der Waals surface area contributed by atoms with E-state index in [2.05, 4.69) is 5.32 Å². The van der Waals surface area contributed by atoms with Gasteiger partial charge in [-0.3, -0.25) is 4.79 Å². The number of aliphatic hydroxyl groups excluding tert-OH is 1. The number of aliphatic hydroxyl groups is 1. The summed E-state index contributed by atoms with van der Waals surface area (Å²) in [6.45, 7) is 1.60. The zero-order valence-electron chi connectivity index (χ0n) is 6.47. The fraction of sp³-hybridized carbons (Fsp3) is 0.875. The molecule has 0 aromatic heterocycles. The summed E-state index contributed by atoms with van der Waals surface area (Å²) in [6.07, 6.45) is 1.93. The van der Waals surface area contributed by atoms with E-state index < -0.39 is 0 Å². The molecule has 0 amide bonds. The second-order valence-electron chi connectivity index (χ2n) is 3.88. The van der Waals surface area contributed by atoms with E-state index in [4.69, 9.17) is 0 Å². The maximum Gasteiger partial charge on any atom is 0.134 e. The summed E-state index contributed by atoms with van der Waals surface area (Å²) >= 11 is 0. The zero-order valence-corrected chi connectivity index (χ0v) is 6.47. The Morgan fingerprint density at radius 3 is 2.82 bits per heavy atom. The number of hydrogen-bond acceptors (Lipinski definition) is 3. The highest BCUT2D eigenvalue weighted by molar-refractivity contribution is 5.86. The monoisotopic (exact) mass is 155 g/mol. The molecule has 0 aromatic carbocycles. The summed E-state index contributed by atoms with van der Waals surface area (Å²) < 4.78 is 0. The minimum Gasteiger partial charge on any atom is -0.392 e. The van der Waals surface area contributed by atoms with E-state index in [1.807, 2.05) is 0 Å². The van der Waals surface area contributed by atoms with Crippen molar-refractivity contribution in [1.82, 2.24) is 5.32 Å². The van der Waals surface area contributed by atoms with Gasteiger partial charge in [-0.15, -0.1) is 0 Å². The fourth-order valence-electron chi connectivity index (χ4n) is 2.20. The highest BCUT2D eigenvalue weighted by Gasteiger charge is 2.45. The number of nitrogens with one attached hydrogen (secondary N) is 1. The quantitative estimate of drug-likeness (QED) is 0.504. The van der Waals surface area contributed by atoms with Crippen molar-refractivity contribution >= 4 is 5.78 Å². The van der Waals surface area contributed by atoms with E-state index in [9.17, 15) is 9.90 Å². The molecule has 62 valence electrons. The second-order valence-corrected chi connectivity index (χ2v) is 3.88. The summed E-state index contributed by atoms with van der Waals surface area (Å²) in [4.78, 5) is 10.8. The lowest BCUT2D eigenvalue weighted by Gasteiger charge is -2.45. The van der Waals surface area contributed by atoms with Crippen molar-refractivity contribution in [2.45, 2.75) is 25.4 Å². The first-order valence-corrected chi connectivity index (χ1v) is 4.11. The van der Waals surface area contributed by atoms with Crippen molar-refractivity contribution in [3.63, 3.8) is 0 Å². The van der Waals surface area contributed by atoms with Crippen molar-refractivity contribution in [2.75, 3.05) is 13.1 Å². The molecule has 1 spiro atoms. The van der Waals surface area contributed by atoms with Crippen LogP contribution in [-0.4, -0.2) is 30.1 Å². The fourth-order valence-corrected chi connectivity index (χ4v) is 2.20. The van der Waals surface area contributed by atoms with Crippen LogP contribution in [-0.2, 0) is 4.79 Å². The molecule has 11 heavy (non-hydrogen) atoms. The van der Waals surface area contributed by atoms with E-state index >= 15 is 0 Å². The summed E-state index contributed by atoms with van der Waals surface area (Å²) in [5.41, 5.74) is 0.134. The van der Waals surface area contributed by atoms with Gasteiger partial charge in [0.1, 0.15) is 5.78 Å². The SMILES string of the molecule is O=C1CC2(CNCC(O)C2)C1. The molecule has 1 saturated carbocycles. The van der Waals surface area contributed by atoms with Crippen LogP contribution in [0.25, 0.3) is 0 Å². The molecule has 2 aliphatic rings. The molecule has 2 fully saturated rings. The minimum absolute atomic E-state index is 0.134. The molecule has 1 aliphatic heterocycles. The Hall–Kier alpha value is -0.410. The lowest BCUT2D eigenvalue weighted by Crippen LogP contribution is -2.53. The zero-order chi connectivity index (χ0) is 7.90. The average molecular weight is 155 g/mol. The molecule has 0 radical (unpaired) electrons. The van der Waals surface area contributed by atoms with E-state index in [-0.39, 0.29) is 11.5 Å². The van der Waals surface area contributed by atoms with Crippen LogP contribution in [0, 0.1) is 5.41 Å². The topological polar surface area (TPSA) is 49.3 Å². The molecule has 1 heterocycles. The third-order valence-electron chi connectivity index (χ3n) is 2.69. The van der Waals surface area contributed by atoms with Gasteiger partial charge in [-0.25, -0.2) is 0 Å². The van der Waals surface area contributed by atoms with E-state index in [1.54, 1.807) is 0 Å². The summed E-state index contributed by atoms with van der Waals surface area (Å²) in [6, 6.07) is 0. The first kappa shape index (κ1) is 7.25. The Morgan fingerprint density at radius 2 is 2.27 bits per heavy atom. The maximum atomic E-state index is 10.8. The van der Waals surface area contributed by atoms with Crippen molar-refractivity contribution in [3.8, 4) is 0 Å². The van der Waals surface area contributed by atoms with E-state index in [1.165, 1.54) is 0 Å². The molecule has 0 aromatic rings. The molecule has 3 nitrogen and oxygen atoms in total. The number of ketones is 1. The predicted molar refractivity (Wildman–Crippen MR) is 40.2 cm³/mol. The first-order chi connectivity index (χ1) is 5.20. The number of rotatable bonds is 0. The van der Waals surface area contributed by atoms with Gasteiger partial charge < -0.3 is 10.4 Å². The maximum absolute atomic E-state index is 10.8. The summed E-state index contributed by atoms with van der Waals surface area (Å²) in [5.74, 6) is 0.348. The normalized spacial score (nSPS) is 35.4. The molecule has 2 N–H and O–H groups in total. The second kappa shape index (κ2) is 2.29. The molecular weight excluding hydrogens is 142 g/mol. The van der Waals surface area contributed by atoms with Crippen LogP contribution >= 0.6 is 0 Å². The number of hydrogen-bond donors (Lipinski definition) is 2. The molecule has 2 rings (SSSR count). The largest absolute Gasteiger partial charge is 0.392 e. The number of Topliss-reactive ketones (excluding diaryl/α,β-unsaturated/α-hetero) is 1. The lowest BCUT2D eigenvalue weighted by atomic mass is 9.63. The highest BCUT2D eigenvalue weighted by atomic mass is 16.3. The summed E-state index contributed by atoms with van der Waals surface area (Å²) in [5, 5.41) is 12.5. The van der Waals surface area contributed by atoms with Gasteiger partial charge in [0.25, 0.3) is 0 Å². The number of carbonyl (C=O) groups is 1. The van der Waals surface area contributed by atoms with Gasteiger partial charge in [0.2, 0.25) is 0 Å². The molecular formula is C8H13NO2. The average Bonchev–Trinajstić information content (AvgIpc) is 1.84. The number of carbonyl (C=O) groups excluding carboxylic acids is 1. The molecule has 0 bridgehead atoms. The Balaban J connectivity index is 1.98. The van der Waals surface area contributed by atoms with Gasteiger partial charge in [-0.2, -0.15) is 0 Å². The molecule has 1 aliphatic carbocycles. The van der Waals surface area contributed by atoms with Crippen LogP contribution < -0.4 is 5.32 Å². The molecule has 1 atom stereocenters. The van der Waals surface area contributed by atoms with Gasteiger partial charge in [-0.05, 0) is 11.8 Å². The Kier molecular flexibility index (Phi) is 1.51. The number of β-amino-alcohol motifs (C(OH)–C–C–N with tert-alkyl or cyclic N) is 1. The van der Waals surface area contributed by atoms with Crippen LogP contribution in [0.15, 0.2) is 0 Å². The molecule has 3 heteroatoms. The highest BCUT2D eigenvalue weighted by Crippen LogP contribution is 2.42. The predicted octanol–water partition coefficient (Wildman–Crippen LogP) is -0.310. The van der Waals surface area contributed by atoms with E-state index in [0.29, 0.717) is 25.2 Å². The van der Waals surface area contributed by atoms with Crippen molar-refractivity contribution in [1.29, 1.82) is 0 Å². The van der Waals surface area contributed by atoms with Gasteiger partial charge >= 0.3 is 0 Å². The van der Waals surface area contributed by atoms with Gasteiger partial charge in [0.15, 0.2) is 0 Å². The third kappa shape index (κ3) is 1.19. The van der Waals surface area contributed by atoms with Crippen LogP contribution in [0.2, 0.25) is 0 Å². The van der Waals surface area contributed by atoms with Crippen molar-refractivity contribution < 1.29 is 9.90 Å². The Bertz CT molecular complexity index is 183. The van der Waals surface area contributed by atoms with Gasteiger partial charge in [0, 0.05) is 25.9 Å². The standard InChI is InChI=1S/C8H13NO2/c10-6-1-8(2-6)3-7(11)4-9-5-8/h7,9,11H,1-5H2. The van der Waals surface area contributed by atoms with Crippen LogP contribution in [0.4, 0.5) is 0 Å². The van der Waals surface area contributed by atoms with Crippen LogP contribution in [0.5, 0.6) is 0 Å². The third-order valence-corrected chi connectivity index (χ3v) is 2.69. The van der Waals surface area contributed by atoms with Crippen LogP contribution in [0.1, 0.15) is 19.3 Å². The number of piperidine rings is 1. The Morgan fingerprint density at radius 1 is 1.55 bits per heavy atom. The smallest absolute Gasteiger partial charge is 0.134 e. The van der Waals surface area contributed by atoms with Crippen molar-refractivity contribution in [3.05, 3.63) is 0 Å². The van der Waals surface area contributed by atoms with Crippen LogP contribution in [0.3, 0.4) is 0 Å². The summed E-state index contributed by atoms with van der Waals surface area (Å²) in [7, 11) is 0. The van der Waals surface area contributed by atoms with Gasteiger partial charge in [-0.1, -0.05) is 0 Å². The molecule has 1 unspecified atom stereocenters. The molecule has 1 saturated heterocycles. The van der Waals surface area contributed by atoms with Crippen molar-refractivity contribution in [2.24, 2.45) is 5.41 Å². The van der Waals surface area contributed by atoms with E-state index in [0.717, 1.165) is 13.0 Å². The first-order valence-electron chi connectivity index (χ1n) is 4.11. The lowest BCUT2D eigenvalue weighted by molar-refractivity contribution is -0.135.